The van der Waals surface area contributed by atoms with E-state index >= 15 is 0 Å². The minimum absolute atomic E-state index is 0.0331. The second-order valence-corrected chi connectivity index (χ2v) is 8.92. The minimum Gasteiger partial charge on any atom is -0.497 e. The normalized spacial score (nSPS) is 19.8. The van der Waals surface area contributed by atoms with Crippen molar-refractivity contribution in [3.8, 4) is 5.75 Å². The van der Waals surface area contributed by atoms with Gasteiger partial charge in [0.2, 0.25) is 5.91 Å². The highest BCUT2D eigenvalue weighted by molar-refractivity contribution is 5.94. The molecule has 2 aliphatic rings. The third kappa shape index (κ3) is 4.61. The number of hydrogen-bond acceptors (Lipinski definition) is 4. The van der Waals surface area contributed by atoms with E-state index in [1.807, 2.05) is 30.3 Å². The Morgan fingerprint density at radius 3 is 2.41 bits per heavy atom. The van der Waals surface area contributed by atoms with Gasteiger partial charge in [0.05, 0.1) is 19.1 Å². The summed E-state index contributed by atoms with van der Waals surface area (Å²) in [4.78, 5) is 18.1. The summed E-state index contributed by atoms with van der Waals surface area (Å²) in [6, 6.07) is 18.4. The second kappa shape index (κ2) is 9.43. The van der Waals surface area contributed by atoms with E-state index in [4.69, 9.17) is 4.74 Å². The van der Waals surface area contributed by atoms with Gasteiger partial charge in [-0.15, -0.1) is 0 Å². The van der Waals surface area contributed by atoms with Crippen molar-refractivity contribution in [1.29, 1.82) is 0 Å². The largest absolute Gasteiger partial charge is 0.497 e. The molecule has 0 spiro atoms. The van der Waals surface area contributed by atoms with Gasteiger partial charge < -0.3 is 15.0 Å². The molecule has 0 unspecified atom stereocenters. The van der Waals surface area contributed by atoms with Gasteiger partial charge in [-0.3, -0.25) is 9.69 Å². The number of piperazine rings is 1. The molecule has 176 valence electrons. The summed E-state index contributed by atoms with van der Waals surface area (Å²) in [6.45, 7) is 3.00. The molecule has 2 aliphatic heterocycles. The van der Waals surface area contributed by atoms with Crippen LogP contribution >= 0.6 is 0 Å². The molecule has 2 heterocycles. The Balaban J connectivity index is 1.41. The van der Waals surface area contributed by atoms with Crippen molar-refractivity contribution in [2.75, 3.05) is 37.0 Å². The van der Waals surface area contributed by atoms with Crippen LogP contribution in [0.25, 0.3) is 0 Å². The first-order valence-electron chi connectivity index (χ1n) is 11.5. The molecule has 1 amide bonds. The Hall–Kier alpha value is -3.45. The maximum absolute atomic E-state index is 13.4. The zero-order valence-corrected chi connectivity index (χ0v) is 19.0. The number of anilines is 2. The minimum atomic E-state index is -0.339. The van der Waals surface area contributed by atoms with Crippen LogP contribution in [0, 0.1) is 17.6 Å². The number of rotatable bonds is 5. The lowest BCUT2D eigenvalue weighted by molar-refractivity contribution is -0.121. The van der Waals surface area contributed by atoms with Crippen molar-refractivity contribution in [2.45, 2.75) is 19.0 Å². The summed E-state index contributed by atoms with van der Waals surface area (Å²) in [6.07, 6.45) is 0.609. The number of nitrogens with zero attached hydrogens (tertiary/aromatic N) is 2. The molecule has 1 saturated heterocycles. The molecule has 34 heavy (non-hydrogen) atoms. The fourth-order valence-electron chi connectivity index (χ4n) is 5.02. The molecule has 0 saturated carbocycles. The van der Waals surface area contributed by atoms with E-state index in [9.17, 15) is 13.6 Å². The number of halogens is 2. The van der Waals surface area contributed by atoms with E-state index in [1.54, 1.807) is 19.2 Å². The van der Waals surface area contributed by atoms with Crippen molar-refractivity contribution in [3.05, 3.63) is 89.5 Å². The maximum Gasteiger partial charge on any atom is 0.229 e. The molecule has 0 bridgehead atoms. The van der Waals surface area contributed by atoms with Crippen LogP contribution in [0.5, 0.6) is 5.75 Å². The molecule has 1 fully saturated rings. The van der Waals surface area contributed by atoms with E-state index in [1.165, 1.54) is 24.3 Å². The molecule has 0 radical (unpaired) electrons. The van der Waals surface area contributed by atoms with Gasteiger partial charge in [-0.1, -0.05) is 18.2 Å². The van der Waals surface area contributed by atoms with Gasteiger partial charge in [0.15, 0.2) is 0 Å². The fourth-order valence-corrected chi connectivity index (χ4v) is 5.02. The molecule has 3 aromatic rings. The van der Waals surface area contributed by atoms with Crippen LogP contribution in [0.4, 0.5) is 20.2 Å². The number of carbonyl (C=O) groups is 1. The van der Waals surface area contributed by atoms with Crippen molar-refractivity contribution in [2.24, 2.45) is 5.92 Å². The molecule has 5 nitrogen and oxygen atoms in total. The summed E-state index contributed by atoms with van der Waals surface area (Å²) >= 11 is 0. The van der Waals surface area contributed by atoms with Gasteiger partial charge in [-0.05, 0) is 60.0 Å². The summed E-state index contributed by atoms with van der Waals surface area (Å²) < 4.78 is 32.1. The second-order valence-electron chi connectivity index (χ2n) is 8.92. The molecule has 7 heteroatoms. The van der Waals surface area contributed by atoms with E-state index in [0.29, 0.717) is 25.2 Å². The monoisotopic (exact) mass is 463 g/mol. The van der Waals surface area contributed by atoms with Crippen molar-refractivity contribution in [1.82, 2.24) is 4.90 Å². The topological polar surface area (TPSA) is 44.8 Å². The van der Waals surface area contributed by atoms with Crippen LogP contribution in [0.1, 0.15) is 11.1 Å². The first-order valence-corrected chi connectivity index (χ1v) is 11.5. The van der Waals surface area contributed by atoms with Gasteiger partial charge in [0.1, 0.15) is 17.4 Å². The lowest BCUT2D eigenvalue weighted by Gasteiger charge is -2.49. The smallest absolute Gasteiger partial charge is 0.229 e. The Bertz CT molecular complexity index is 1170. The summed E-state index contributed by atoms with van der Waals surface area (Å²) in [5.41, 5.74) is 3.84. The lowest BCUT2D eigenvalue weighted by Crippen LogP contribution is -2.60. The van der Waals surface area contributed by atoms with E-state index in [2.05, 4.69) is 15.1 Å². The van der Waals surface area contributed by atoms with E-state index in [-0.39, 0.29) is 29.5 Å². The summed E-state index contributed by atoms with van der Waals surface area (Å²) in [5.74, 6) is -0.147. The van der Waals surface area contributed by atoms with E-state index < -0.39 is 0 Å². The molecule has 0 aromatic heterocycles. The number of carbonyl (C=O) groups excluding carboxylic acids is 1. The van der Waals surface area contributed by atoms with Crippen LogP contribution in [0.15, 0.2) is 66.7 Å². The zero-order chi connectivity index (χ0) is 23.7. The Labute approximate surface area is 197 Å². The van der Waals surface area contributed by atoms with Gasteiger partial charge in [0.25, 0.3) is 0 Å². The molecule has 5 rings (SSSR count). The Morgan fingerprint density at radius 1 is 1.00 bits per heavy atom. The van der Waals surface area contributed by atoms with Crippen LogP contribution in [0.2, 0.25) is 0 Å². The molecule has 0 aliphatic carbocycles. The van der Waals surface area contributed by atoms with Gasteiger partial charge in [-0.2, -0.15) is 0 Å². The van der Waals surface area contributed by atoms with Gasteiger partial charge >= 0.3 is 0 Å². The Morgan fingerprint density at radius 2 is 1.71 bits per heavy atom. The number of nitrogens with one attached hydrogen (secondary N) is 1. The highest BCUT2D eigenvalue weighted by Gasteiger charge is 2.41. The average Bonchev–Trinajstić information content (AvgIpc) is 2.86. The number of methoxy groups -OCH3 is 1. The van der Waals surface area contributed by atoms with Crippen molar-refractivity contribution >= 4 is 17.3 Å². The molecule has 1 N–H and O–H groups in total. The van der Waals surface area contributed by atoms with Gasteiger partial charge in [-0.25, -0.2) is 8.78 Å². The van der Waals surface area contributed by atoms with Crippen LogP contribution in [0.3, 0.4) is 0 Å². The number of hydrogen-bond donors (Lipinski definition) is 1. The maximum atomic E-state index is 13.4. The van der Waals surface area contributed by atoms with Crippen molar-refractivity contribution < 1.29 is 18.3 Å². The van der Waals surface area contributed by atoms with Crippen molar-refractivity contribution in [3.63, 3.8) is 0 Å². The first kappa shape index (κ1) is 22.3. The highest BCUT2D eigenvalue weighted by Crippen LogP contribution is 2.38. The highest BCUT2D eigenvalue weighted by atomic mass is 19.1. The molecular formula is C27H27F2N3O2. The quantitative estimate of drug-likeness (QED) is 0.606. The third-order valence-electron chi connectivity index (χ3n) is 6.78. The predicted molar refractivity (Wildman–Crippen MR) is 128 cm³/mol. The predicted octanol–water partition coefficient (Wildman–Crippen LogP) is 4.48. The van der Waals surface area contributed by atoms with E-state index in [0.717, 1.165) is 35.7 Å². The van der Waals surface area contributed by atoms with Crippen LogP contribution < -0.4 is 15.0 Å². The van der Waals surface area contributed by atoms with Crippen LogP contribution in [-0.4, -0.2) is 43.6 Å². The van der Waals surface area contributed by atoms with Crippen LogP contribution in [-0.2, 0) is 17.8 Å². The lowest BCUT2D eigenvalue weighted by atomic mass is 9.83. The first-order chi connectivity index (χ1) is 16.5. The standard InChI is InChI=1S/C27H27F2N3O2/c1-34-23-11-4-19-14-24(27(33)30-22-9-7-21(29)8-10-22)26-17-31(12-13-32(26)25(19)15-23)16-18-2-5-20(28)6-3-18/h2-11,15,24,26H,12-14,16-17H2,1H3,(H,30,33)/t24-,26-/m1/s1. The fraction of sp³-hybridized carbons (Fsp3) is 0.296. The summed E-state index contributed by atoms with van der Waals surface area (Å²) in [7, 11) is 1.65. The Kier molecular flexibility index (Phi) is 6.20. The SMILES string of the molecule is COc1ccc2c(c1)N1CCN(Cc3ccc(F)cc3)C[C@@H]1[C@H](C(=O)Nc1ccc(F)cc1)C2. The number of ether oxygens (including phenoxy) is 1. The third-order valence-corrected chi connectivity index (χ3v) is 6.78. The number of benzene rings is 3. The number of fused-ring (bicyclic) bond motifs is 3. The molecule has 3 aromatic carbocycles. The zero-order valence-electron chi connectivity index (χ0n) is 19.0. The van der Waals surface area contributed by atoms with Gasteiger partial charge in [0, 0.05) is 43.6 Å². The number of amides is 1. The summed E-state index contributed by atoms with van der Waals surface area (Å²) in [5, 5.41) is 2.98. The average molecular weight is 464 g/mol. The molecule has 2 atom stereocenters. The molecular weight excluding hydrogens is 436 g/mol.